The molecule has 0 saturated carbocycles. The van der Waals surface area contributed by atoms with E-state index in [0.717, 1.165) is 16.9 Å². The summed E-state index contributed by atoms with van der Waals surface area (Å²) in [5.41, 5.74) is 4.46. The number of hydrogen-bond donors (Lipinski definition) is 1. The first-order chi connectivity index (χ1) is 12.1. The predicted octanol–water partition coefficient (Wildman–Crippen LogP) is 4.11. The number of para-hydroxylation sites is 1. The van der Waals surface area contributed by atoms with Crippen LogP contribution in [-0.4, -0.2) is 22.9 Å². The van der Waals surface area contributed by atoms with Gasteiger partial charge in [-0.3, -0.25) is 4.79 Å². The quantitative estimate of drug-likeness (QED) is 0.781. The molecule has 0 unspecified atom stereocenters. The Hall–Kier alpha value is -3.21. The van der Waals surface area contributed by atoms with E-state index < -0.39 is 0 Å². The van der Waals surface area contributed by atoms with E-state index in [1.54, 1.807) is 18.1 Å². The van der Waals surface area contributed by atoms with Gasteiger partial charge in [0.25, 0.3) is 5.91 Å². The molecular weight excluding hydrogens is 312 g/mol. The number of anilines is 3. The second-order valence-corrected chi connectivity index (χ2v) is 5.86. The van der Waals surface area contributed by atoms with Gasteiger partial charge in [0.1, 0.15) is 11.5 Å². The molecule has 0 atom stereocenters. The van der Waals surface area contributed by atoms with E-state index in [2.05, 4.69) is 35.2 Å². The summed E-state index contributed by atoms with van der Waals surface area (Å²) in [4.78, 5) is 22.7. The number of aromatic nitrogens is 2. The lowest BCUT2D eigenvalue weighted by atomic mass is 10.1. The molecular formula is C20H20N4O. The minimum Gasteiger partial charge on any atom is -0.339 e. The molecule has 5 nitrogen and oxygen atoms in total. The number of benzene rings is 2. The van der Waals surface area contributed by atoms with Crippen LogP contribution in [0.1, 0.15) is 21.6 Å². The Labute approximate surface area is 147 Å². The number of carbonyl (C=O) groups is 1. The van der Waals surface area contributed by atoms with Crippen LogP contribution >= 0.6 is 0 Å². The first-order valence-electron chi connectivity index (χ1n) is 8.04. The summed E-state index contributed by atoms with van der Waals surface area (Å²) >= 11 is 0. The summed E-state index contributed by atoms with van der Waals surface area (Å²) in [6.45, 7) is 4.12. The van der Waals surface area contributed by atoms with E-state index in [4.69, 9.17) is 0 Å². The zero-order valence-electron chi connectivity index (χ0n) is 14.5. The monoisotopic (exact) mass is 332 g/mol. The first kappa shape index (κ1) is 16.6. The van der Waals surface area contributed by atoms with Crippen molar-refractivity contribution in [3.8, 4) is 0 Å². The highest BCUT2D eigenvalue weighted by Gasteiger charge is 2.15. The molecule has 3 rings (SSSR count). The van der Waals surface area contributed by atoms with Crippen LogP contribution in [-0.2, 0) is 0 Å². The first-order valence-corrected chi connectivity index (χ1v) is 8.04. The van der Waals surface area contributed by atoms with Crippen LogP contribution in [0.25, 0.3) is 0 Å². The average Bonchev–Trinajstić information content (AvgIpc) is 2.65. The molecule has 25 heavy (non-hydrogen) atoms. The minimum absolute atomic E-state index is 0.197. The number of nitrogens with zero attached hydrogens (tertiary/aromatic N) is 3. The molecule has 0 aliphatic heterocycles. The third-order valence-corrected chi connectivity index (χ3v) is 4.19. The van der Waals surface area contributed by atoms with Gasteiger partial charge in [0.2, 0.25) is 0 Å². The zero-order valence-corrected chi connectivity index (χ0v) is 14.5. The summed E-state index contributed by atoms with van der Waals surface area (Å²) in [6.07, 6.45) is 3.07. The molecule has 0 radical (unpaired) electrons. The van der Waals surface area contributed by atoms with Crippen molar-refractivity contribution in [3.63, 3.8) is 0 Å². The van der Waals surface area contributed by atoms with Gasteiger partial charge >= 0.3 is 0 Å². The highest BCUT2D eigenvalue weighted by Crippen LogP contribution is 2.21. The molecule has 1 aromatic heterocycles. The summed E-state index contributed by atoms with van der Waals surface area (Å²) in [6, 6.07) is 15.5. The Morgan fingerprint density at radius 1 is 0.960 bits per heavy atom. The largest absolute Gasteiger partial charge is 0.339 e. The second kappa shape index (κ2) is 7.13. The lowest BCUT2D eigenvalue weighted by molar-refractivity contribution is 0.0988. The molecule has 126 valence electrons. The van der Waals surface area contributed by atoms with Crippen molar-refractivity contribution in [3.05, 3.63) is 77.7 Å². The maximum Gasteiger partial charge on any atom is 0.278 e. The lowest BCUT2D eigenvalue weighted by Gasteiger charge is -2.16. The molecule has 1 N–H and O–H groups in total. The Kier molecular flexibility index (Phi) is 4.75. The Bertz CT molecular complexity index is 876. The van der Waals surface area contributed by atoms with E-state index in [0.29, 0.717) is 11.5 Å². The van der Waals surface area contributed by atoms with Gasteiger partial charge in [0, 0.05) is 18.4 Å². The van der Waals surface area contributed by atoms with Crippen molar-refractivity contribution >= 4 is 23.1 Å². The minimum atomic E-state index is -0.197. The topological polar surface area (TPSA) is 58.1 Å². The second-order valence-electron chi connectivity index (χ2n) is 5.86. The van der Waals surface area contributed by atoms with Gasteiger partial charge in [-0.15, -0.1) is 0 Å². The fraction of sp³-hybridized carbons (Fsp3) is 0.150. The maximum absolute atomic E-state index is 12.5. The maximum atomic E-state index is 12.5. The van der Waals surface area contributed by atoms with Crippen LogP contribution < -0.4 is 10.2 Å². The highest BCUT2D eigenvalue weighted by molar-refractivity contribution is 6.04. The number of carbonyl (C=O) groups excluding carboxylic acids is 1. The van der Waals surface area contributed by atoms with Crippen molar-refractivity contribution in [1.29, 1.82) is 0 Å². The van der Waals surface area contributed by atoms with Crippen LogP contribution in [0.4, 0.5) is 17.2 Å². The summed E-state index contributed by atoms with van der Waals surface area (Å²) < 4.78 is 0. The van der Waals surface area contributed by atoms with Crippen LogP contribution in [0.5, 0.6) is 0 Å². The lowest BCUT2D eigenvalue weighted by Crippen LogP contribution is -2.27. The molecule has 1 heterocycles. The SMILES string of the molecule is Cc1cccc(Nc2cnc(C(=O)N(C)c3ccccc3)cn2)c1C. The van der Waals surface area contributed by atoms with Crippen molar-refractivity contribution in [2.75, 3.05) is 17.3 Å². The smallest absolute Gasteiger partial charge is 0.278 e. The van der Waals surface area contributed by atoms with Crippen molar-refractivity contribution in [1.82, 2.24) is 9.97 Å². The Morgan fingerprint density at radius 3 is 2.40 bits per heavy atom. The van der Waals surface area contributed by atoms with Gasteiger partial charge in [-0.25, -0.2) is 9.97 Å². The number of hydrogen-bond acceptors (Lipinski definition) is 4. The summed E-state index contributed by atoms with van der Waals surface area (Å²) in [7, 11) is 1.72. The molecule has 2 aromatic carbocycles. The highest BCUT2D eigenvalue weighted by atomic mass is 16.2. The molecule has 5 heteroatoms. The zero-order chi connectivity index (χ0) is 17.8. The van der Waals surface area contributed by atoms with E-state index in [1.807, 2.05) is 42.5 Å². The van der Waals surface area contributed by atoms with E-state index in [1.165, 1.54) is 11.8 Å². The van der Waals surface area contributed by atoms with Crippen LogP contribution in [0.3, 0.4) is 0 Å². The molecule has 0 fully saturated rings. The van der Waals surface area contributed by atoms with Crippen LogP contribution in [0.15, 0.2) is 60.9 Å². The summed E-state index contributed by atoms with van der Waals surface area (Å²) in [5, 5.41) is 3.24. The third-order valence-electron chi connectivity index (χ3n) is 4.19. The molecule has 0 saturated heterocycles. The number of rotatable bonds is 4. The molecule has 1 amide bonds. The fourth-order valence-corrected chi connectivity index (χ4v) is 2.47. The fourth-order valence-electron chi connectivity index (χ4n) is 2.47. The summed E-state index contributed by atoms with van der Waals surface area (Å²) in [5.74, 6) is 0.407. The average molecular weight is 332 g/mol. The van der Waals surface area contributed by atoms with Crippen LogP contribution in [0.2, 0.25) is 0 Å². The van der Waals surface area contributed by atoms with Crippen molar-refractivity contribution in [2.45, 2.75) is 13.8 Å². The van der Waals surface area contributed by atoms with Gasteiger partial charge in [-0.2, -0.15) is 0 Å². The molecule has 0 aliphatic carbocycles. The van der Waals surface area contributed by atoms with Gasteiger partial charge < -0.3 is 10.2 Å². The normalized spacial score (nSPS) is 10.4. The predicted molar refractivity (Wildman–Crippen MR) is 100 cm³/mol. The third kappa shape index (κ3) is 3.66. The van der Waals surface area contributed by atoms with E-state index in [-0.39, 0.29) is 5.91 Å². The number of amides is 1. The number of nitrogens with one attached hydrogen (secondary N) is 1. The molecule has 0 spiro atoms. The van der Waals surface area contributed by atoms with Gasteiger partial charge in [0.15, 0.2) is 0 Å². The van der Waals surface area contributed by atoms with E-state index >= 15 is 0 Å². The van der Waals surface area contributed by atoms with E-state index in [9.17, 15) is 4.79 Å². The Balaban J connectivity index is 1.76. The molecule has 0 aliphatic rings. The van der Waals surface area contributed by atoms with Crippen LogP contribution in [0, 0.1) is 13.8 Å². The van der Waals surface area contributed by atoms with Gasteiger partial charge in [-0.1, -0.05) is 30.3 Å². The van der Waals surface area contributed by atoms with Gasteiger partial charge in [-0.05, 0) is 43.2 Å². The molecule has 0 bridgehead atoms. The Morgan fingerprint density at radius 2 is 1.72 bits per heavy atom. The standard InChI is InChI=1S/C20H20N4O/c1-14-8-7-11-17(15(14)2)23-19-13-21-18(12-22-19)20(25)24(3)16-9-5-4-6-10-16/h4-13H,1-3H3,(H,22,23). The van der Waals surface area contributed by atoms with Crippen molar-refractivity contribution in [2.24, 2.45) is 0 Å². The number of aryl methyl sites for hydroxylation is 1. The van der Waals surface area contributed by atoms with Gasteiger partial charge in [0.05, 0.1) is 12.4 Å². The van der Waals surface area contributed by atoms with Crippen molar-refractivity contribution < 1.29 is 4.79 Å². The molecule has 3 aromatic rings.